The van der Waals surface area contributed by atoms with Crippen LogP contribution in [0.2, 0.25) is 0 Å². The van der Waals surface area contributed by atoms with Crippen molar-refractivity contribution in [3.8, 4) is 0 Å². The first-order chi connectivity index (χ1) is 8.56. The van der Waals surface area contributed by atoms with Crippen LogP contribution in [0.5, 0.6) is 0 Å². The van der Waals surface area contributed by atoms with Crippen molar-refractivity contribution >= 4 is 0 Å². The van der Waals surface area contributed by atoms with E-state index in [1.165, 1.54) is 18.4 Å². The molecule has 0 aromatic carbocycles. The molecule has 2 unspecified atom stereocenters. The fourth-order valence-electron chi connectivity index (χ4n) is 3.08. The predicted molar refractivity (Wildman–Crippen MR) is 75.3 cm³/mol. The number of rotatable bonds is 4. The molecule has 0 aliphatic carbocycles. The molecular weight excluding hydrogens is 222 g/mol. The molecule has 1 saturated heterocycles. The van der Waals surface area contributed by atoms with Gasteiger partial charge in [0.15, 0.2) is 0 Å². The summed E-state index contributed by atoms with van der Waals surface area (Å²) in [4.78, 5) is 6.83. The summed E-state index contributed by atoms with van der Waals surface area (Å²) in [7, 11) is 0. The van der Waals surface area contributed by atoms with Crippen LogP contribution in [0, 0.1) is 0 Å². The highest BCUT2D eigenvalue weighted by atomic mass is 15.2. The summed E-state index contributed by atoms with van der Waals surface area (Å²) in [6, 6.07) is 4.63. The van der Waals surface area contributed by atoms with Crippen LogP contribution in [0.3, 0.4) is 0 Å². The van der Waals surface area contributed by atoms with Gasteiger partial charge in [0.2, 0.25) is 0 Å². The molecule has 0 bridgehead atoms. The first kappa shape index (κ1) is 13.5. The monoisotopic (exact) mass is 247 g/mol. The molecule has 0 saturated carbocycles. The van der Waals surface area contributed by atoms with Crippen molar-refractivity contribution in [2.24, 2.45) is 5.73 Å². The maximum atomic E-state index is 6.38. The Hall–Kier alpha value is -0.930. The highest BCUT2D eigenvalue weighted by Crippen LogP contribution is 2.38. The average molecular weight is 247 g/mol. The Morgan fingerprint density at radius 2 is 2.28 bits per heavy atom. The van der Waals surface area contributed by atoms with Gasteiger partial charge in [0, 0.05) is 24.0 Å². The van der Waals surface area contributed by atoms with E-state index < -0.39 is 0 Å². The van der Waals surface area contributed by atoms with Crippen molar-refractivity contribution in [3.63, 3.8) is 0 Å². The first-order valence-corrected chi connectivity index (χ1v) is 6.98. The van der Waals surface area contributed by atoms with E-state index in [0.717, 1.165) is 13.0 Å². The largest absolute Gasteiger partial charge is 0.326 e. The number of hydrogen-bond donors (Lipinski definition) is 1. The molecule has 1 fully saturated rings. The van der Waals surface area contributed by atoms with Crippen LogP contribution in [-0.2, 0) is 0 Å². The van der Waals surface area contributed by atoms with Crippen LogP contribution >= 0.6 is 0 Å². The Labute approximate surface area is 110 Å². The topological polar surface area (TPSA) is 42.1 Å². The number of aromatic nitrogens is 1. The van der Waals surface area contributed by atoms with Gasteiger partial charge < -0.3 is 5.73 Å². The zero-order valence-corrected chi connectivity index (χ0v) is 11.8. The van der Waals surface area contributed by atoms with Crippen molar-refractivity contribution in [2.45, 2.75) is 57.7 Å². The molecule has 1 aliphatic rings. The van der Waals surface area contributed by atoms with Gasteiger partial charge in [-0.2, -0.15) is 0 Å². The van der Waals surface area contributed by atoms with Gasteiger partial charge in [-0.1, -0.05) is 13.0 Å². The summed E-state index contributed by atoms with van der Waals surface area (Å²) in [6.45, 7) is 7.95. The van der Waals surface area contributed by atoms with E-state index in [1.54, 1.807) is 0 Å². The normalized spacial score (nSPS) is 22.9. The van der Waals surface area contributed by atoms with Crippen LogP contribution in [-0.4, -0.2) is 28.0 Å². The van der Waals surface area contributed by atoms with E-state index in [0.29, 0.717) is 6.04 Å². The number of likely N-dealkylation sites (tertiary alicyclic amines) is 1. The Kier molecular flexibility index (Phi) is 4.03. The number of nitrogens with two attached hydrogens (primary N) is 1. The summed E-state index contributed by atoms with van der Waals surface area (Å²) in [6.07, 6.45) is 7.30. The highest BCUT2D eigenvalue weighted by molar-refractivity contribution is 5.18. The van der Waals surface area contributed by atoms with Crippen molar-refractivity contribution in [1.82, 2.24) is 9.88 Å². The second-order valence-electron chi connectivity index (χ2n) is 5.91. The second-order valence-corrected chi connectivity index (χ2v) is 5.91. The van der Waals surface area contributed by atoms with Crippen LogP contribution in [0.15, 0.2) is 24.5 Å². The number of hydrogen-bond acceptors (Lipinski definition) is 3. The predicted octanol–water partition coefficient (Wildman–Crippen LogP) is 2.73. The van der Waals surface area contributed by atoms with Crippen LogP contribution in [0.25, 0.3) is 0 Å². The molecule has 1 aromatic heterocycles. The Balaban J connectivity index is 2.32. The van der Waals surface area contributed by atoms with E-state index in [4.69, 9.17) is 5.73 Å². The maximum Gasteiger partial charge on any atom is 0.0519 e. The lowest BCUT2D eigenvalue weighted by Gasteiger charge is -2.41. The SMILES string of the molecule is CCC(N)C(c1cccnc1)N1CCCC1(C)C. The van der Waals surface area contributed by atoms with Gasteiger partial charge in [-0.05, 0) is 51.3 Å². The van der Waals surface area contributed by atoms with Gasteiger partial charge in [-0.15, -0.1) is 0 Å². The summed E-state index contributed by atoms with van der Waals surface area (Å²) in [5.41, 5.74) is 7.88. The van der Waals surface area contributed by atoms with Crippen molar-refractivity contribution in [2.75, 3.05) is 6.54 Å². The van der Waals surface area contributed by atoms with Gasteiger partial charge >= 0.3 is 0 Å². The third kappa shape index (κ3) is 2.57. The second kappa shape index (κ2) is 5.37. The third-order valence-corrected chi connectivity index (χ3v) is 4.20. The van der Waals surface area contributed by atoms with Gasteiger partial charge in [0.1, 0.15) is 0 Å². The highest BCUT2D eigenvalue weighted by Gasteiger charge is 2.39. The molecule has 2 atom stereocenters. The summed E-state index contributed by atoms with van der Waals surface area (Å²) < 4.78 is 0. The lowest BCUT2D eigenvalue weighted by atomic mass is 9.93. The fourth-order valence-corrected chi connectivity index (χ4v) is 3.08. The molecule has 3 heteroatoms. The molecule has 0 radical (unpaired) electrons. The molecule has 1 aromatic rings. The van der Waals surface area contributed by atoms with Gasteiger partial charge in [-0.25, -0.2) is 0 Å². The lowest BCUT2D eigenvalue weighted by Crippen LogP contribution is -2.47. The minimum absolute atomic E-state index is 0.173. The lowest BCUT2D eigenvalue weighted by molar-refractivity contribution is 0.0963. The summed E-state index contributed by atoms with van der Waals surface area (Å²) in [5, 5.41) is 0. The maximum absolute atomic E-state index is 6.38. The molecule has 18 heavy (non-hydrogen) atoms. The molecule has 2 rings (SSSR count). The molecule has 100 valence electrons. The molecule has 0 spiro atoms. The fraction of sp³-hybridized carbons (Fsp3) is 0.667. The van der Waals surface area contributed by atoms with Gasteiger partial charge in [0.05, 0.1) is 6.04 Å². The standard InChI is InChI=1S/C15H25N3/c1-4-13(16)14(12-7-5-9-17-11-12)18-10-6-8-15(18,2)3/h5,7,9,11,13-14H,4,6,8,10,16H2,1-3H3. The Bertz CT molecular complexity index is 375. The van der Waals surface area contributed by atoms with Crippen LogP contribution in [0.4, 0.5) is 0 Å². The van der Waals surface area contributed by atoms with Crippen molar-refractivity contribution in [3.05, 3.63) is 30.1 Å². The minimum Gasteiger partial charge on any atom is -0.326 e. The molecule has 3 nitrogen and oxygen atoms in total. The molecular formula is C15H25N3. The average Bonchev–Trinajstić information content (AvgIpc) is 2.71. The van der Waals surface area contributed by atoms with Crippen LogP contribution in [0.1, 0.15) is 51.6 Å². The van der Waals surface area contributed by atoms with Crippen LogP contribution < -0.4 is 5.73 Å². The third-order valence-electron chi connectivity index (χ3n) is 4.20. The number of pyridine rings is 1. The zero-order chi connectivity index (χ0) is 13.2. The van der Waals surface area contributed by atoms with E-state index in [1.807, 2.05) is 18.5 Å². The molecule has 2 N–H and O–H groups in total. The smallest absolute Gasteiger partial charge is 0.0519 e. The quantitative estimate of drug-likeness (QED) is 0.889. The zero-order valence-electron chi connectivity index (χ0n) is 11.8. The summed E-state index contributed by atoms with van der Waals surface area (Å²) in [5.74, 6) is 0. The van der Waals surface area contributed by atoms with Gasteiger partial charge in [-0.3, -0.25) is 9.88 Å². The van der Waals surface area contributed by atoms with E-state index in [2.05, 4.69) is 36.7 Å². The molecule has 0 amide bonds. The van der Waals surface area contributed by atoms with Gasteiger partial charge in [0.25, 0.3) is 0 Å². The summed E-state index contributed by atoms with van der Waals surface area (Å²) >= 11 is 0. The van der Waals surface area contributed by atoms with E-state index >= 15 is 0 Å². The first-order valence-electron chi connectivity index (χ1n) is 6.98. The molecule has 1 aliphatic heterocycles. The minimum atomic E-state index is 0.173. The van der Waals surface area contributed by atoms with Crippen molar-refractivity contribution in [1.29, 1.82) is 0 Å². The van der Waals surface area contributed by atoms with E-state index in [-0.39, 0.29) is 11.6 Å². The Morgan fingerprint density at radius 3 is 2.78 bits per heavy atom. The van der Waals surface area contributed by atoms with Crippen molar-refractivity contribution < 1.29 is 0 Å². The molecule has 2 heterocycles. The Morgan fingerprint density at radius 1 is 1.50 bits per heavy atom. The van der Waals surface area contributed by atoms with E-state index in [9.17, 15) is 0 Å². The number of nitrogens with zero attached hydrogens (tertiary/aromatic N) is 2.